The van der Waals surface area contributed by atoms with Crippen LogP contribution in [-0.2, 0) is 0 Å². The number of nitrogens with zero attached hydrogens (tertiary/aromatic N) is 2. The van der Waals surface area contributed by atoms with Crippen LogP contribution in [0.1, 0.15) is 25.7 Å². The molecular weight excluding hydrogens is 257 g/mol. The van der Waals surface area contributed by atoms with Crippen molar-refractivity contribution in [3.63, 3.8) is 0 Å². The molecule has 0 spiro atoms. The maximum atomic E-state index is 5.72. The maximum absolute atomic E-state index is 5.72. The second-order valence-electron chi connectivity index (χ2n) is 5.25. The number of halogens is 2. The maximum Gasteiger partial charge on any atom is 0.0120 e. The molecule has 0 atom stereocenters. The Bertz CT molecular complexity index is 188. The molecule has 3 nitrogen and oxygen atoms in total. The van der Waals surface area contributed by atoms with Gasteiger partial charge >= 0.3 is 0 Å². The van der Waals surface area contributed by atoms with E-state index < -0.39 is 0 Å². The van der Waals surface area contributed by atoms with Gasteiger partial charge in [-0.1, -0.05) is 0 Å². The molecule has 2 fully saturated rings. The van der Waals surface area contributed by atoms with Crippen molar-refractivity contribution in [1.82, 2.24) is 9.80 Å². The normalized spacial score (nSPS) is 25.1. The van der Waals surface area contributed by atoms with Crippen molar-refractivity contribution in [2.45, 2.75) is 31.7 Å². The zero-order valence-electron chi connectivity index (χ0n) is 10.8. The van der Waals surface area contributed by atoms with Crippen molar-refractivity contribution in [2.24, 2.45) is 11.7 Å². The Hall–Kier alpha value is 0.460. The summed E-state index contributed by atoms with van der Waals surface area (Å²) in [6.45, 7) is 6.02. The molecule has 0 aromatic carbocycles. The molecule has 2 N–H and O–H groups in total. The first-order chi connectivity index (χ1) is 7.29. The molecule has 0 aliphatic carbocycles. The van der Waals surface area contributed by atoms with E-state index in [4.69, 9.17) is 5.73 Å². The Balaban J connectivity index is 0.00000128. The first-order valence-electron chi connectivity index (χ1n) is 6.42. The lowest BCUT2D eigenvalue weighted by molar-refractivity contribution is 0.0870. The summed E-state index contributed by atoms with van der Waals surface area (Å²) >= 11 is 0. The summed E-state index contributed by atoms with van der Waals surface area (Å²) < 4.78 is 0. The average molecular weight is 284 g/mol. The molecule has 2 heterocycles. The van der Waals surface area contributed by atoms with E-state index in [-0.39, 0.29) is 24.8 Å². The molecule has 2 aliphatic rings. The van der Waals surface area contributed by atoms with E-state index in [2.05, 4.69) is 16.8 Å². The summed E-state index contributed by atoms with van der Waals surface area (Å²) in [6, 6.07) is 0.861. The predicted octanol–water partition coefficient (Wildman–Crippen LogP) is 1.59. The third kappa shape index (κ3) is 4.92. The van der Waals surface area contributed by atoms with Crippen molar-refractivity contribution in [1.29, 1.82) is 0 Å². The quantitative estimate of drug-likeness (QED) is 0.836. The smallest absolute Gasteiger partial charge is 0.0120 e. The van der Waals surface area contributed by atoms with Crippen molar-refractivity contribution in [2.75, 3.05) is 39.8 Å². The monoisotopic (exact) mass is 283 g/mol. The van der Waals surface area contributed by atoms with E-state index in [0.29, 0.717) is 0 Å². The number of piperidine rings is 2. The molecule has 0 saturated carbocycles. The predicted molar refractivity (Wildman–Crippen MR) is 78.4 cm³/mol. The number of rotatable bonds is 2. The fourth-order valence-corrected chi connectivity index (χ4v) is 2.91. The van der Waals surface area contributed by atoms with Crippen LogP contribution >= 0.6 is 24.8 Å². The highest BCUT2D eigenvalue weighted by Gasteiger charge is 2.26. The topological polar surface area (TPSA) is 32.5 Å². The number of hydrogen-bond acceptors (Lipinski definition) is 3. The van der Waals surface area contributed by atoms with Crippen LogP contribution in [0.15, 0.2) is 0 Å². The molecule has 0 unspecified atom stereocenters. The van der Waals surface area contributed by atoms with Gasteiger partial charge in [-0.3, -0.25) is 0 Å². The molecule has 0 aromatic rings. The molecule has 2 aliphatic heterocycles. The molecule has 0 amide bonds. The standard InChI is InChI=1S/C12H25N3.2ClH/c1-14-6-4-12(5-7-14)15-8-2-11(10-13)3-9-15;;/h11-12H,2-10,13H2,1H3;2*1H. The molecule has 2 rings (SSSR count). The van der Waals surface area contributed by atoms with Gasteiger partial charge in [0, 0.05) is 6.04 Å². The zero-order valence-corrected chi connectivity index (χ0v) is 12.4. The van der Waals surface area contributed by atoms with Crippen LogP contribution in [-0.4, -0.2) is 55.6 Å². The lowest BCUT2D eigenvalue weighted by Gasteiger charge is -2.40. The van der Waals surface area contributed by atoms with E-state index >= 15 is 0 Å². The van der Waals surface area contributed by atoms with E-state index in [0.717, 1.165) is 18.5 Å². The van der Waals surface area contributed by atoms with Crippen LogP contribution < -0.4 is 5.73 Å². The highest BCUT2D eigenvalue weighted by atomic mass is 35.5. The van der Waals surface area contributed by atoms with Crippen molar-refractivity contribution in [3.8, 4) is 0 Å². The summed E-state index contributed by atoms with van der Waals surface area (Å²) in [5, 5.41) is 0. The van der Waals surface area contributed by atoms with Gasteiger partial charge in [0.05, 0.1) is 0 Å². The van der Waals surface area contributed by atoms with E-state index in [1.165, 1.54) is 51.9 Å². The molecular formula is C12H27Cl2N3. The van der Waals surface area contributed by atoms with Crippen LogP contribution in [0, 0.1) is 5.92 Å². The molecule has 5 heteroatoms. The van der Waals surface area contributed by atoms with Gasteiger partial charge in [-0.05, 0) is 71.4 Å². The van der Waals surface area contributed by atoms with Gasteiger partial charge < -0.3 is 15.5 Å². The second kappa shape index (κ2) is 8.54. The largest absolute Gasteiger partial charge is 0.330 e. The summed E-state index contributed by atoms with van der Waals surface area (Å²) in [5.41, 5.74) is 5.72. The van der Waals surface area contributed by atoms with Crippen LogP contribution in [0.3, 0.4) is 0 Å². The summed E-state index contributed by atoms with van der Waals surface area (Å²) in [5.74, 6) is 0.799. The van der Waals surface area contributed by atoms with E-state index in [1.807, 2.05) is 0 Å². The van der Waals surface area contributed by atoms with Crippen LogP contribution in [0.2, 0.25) is 0 Å². The summed E-state index contributed by atoms with van der Waals surface area (Å²) in [4.78, 5) is 5.16. The van der Waals surface area contributed by atoms with Gasteiger partial charge in [0.25, 0.3) is 0 Å². The lowest BCUT2D eigenvalue weighted by Crippen LogP contribution is -2.47. The van der Waals surface area contributed by atoms with E-state index in [1.54, 1.807) is 0 Å². The highest BCUT2D eigenvalue weighted by molar-refractivity contribution is 5.85. The van der Waals surface area contributed by atoms with Crippen LogP contribution in [0.4, 0.5) is 0 Å². The minimum Gasteiger partial charge on any atom is -0.330 e. The molecule has 0 bridgehead atoms. The van der Waals surface area contributed by atoms with Crippen molar-refractivity contribution >= 4 is 24.8 Å². The van der Waals surface area contributed by atoms with Crippen molar-refractivity contribution < 1.29 is 0 Å². The highest BCUT2D eigenvalue weighted by Crippen LogP contribution is 2.22. The molecule has 0 radical (unpaired) electrons. The Kier molecular flexibility index (Phi) is 8.77. The van der Waals surface area contributed by atoms with Gasteiger partial charge in [0.1, 0.15) is 0 Å². The average Bonchev–Trinajstić information content (AvgIpc) is 2.30. The molecule has 104 valence electrons. The Morgan fingerprint density at radius 2 is 1.47 bits per heavy atom. The van der Waals surface area contributed by atoms with Gasteiger partial charge in [-0.25, -0.2) is 0 Å². The first kappa shape index (κ1) is 17.5. The minimum atomic E-state index is 0. The SMILES string of the molecule is CN1CCC(N2CCC(CN)CC2)CC1.Cl.Cl. The Labute approximate surface area is 118 Å². The first-order valence-corrected chi connectivity index (χ1v) is 6.42. The second-order valence-corrected chi connectivity index (χ2v) is 5.25. The number of hydrogen-bond donors (Lipinski definition) is 1. The minimum absolute atomic E-state index is 0. The van der Waals surface area contributed by atoms with Crippen LogP contribution in [0.25, 0.3) is 0 Å². The van der Waals surface area contributed by atoms with Crippen molar-refractivity contribution in [3.05, 3.63) is 0 Å². The Morgan fingerprint density at radius 1 is 0.941 bits per heavy atom. The number of nitrogens with two attached hydrogens (primary N) is 1. The van der Waals surface area contributed by atoms with Gasteiger partial charge in [-0.2, -0.15) is 0 Å². The lowest BCUT2D eigenvalue weighted by atomic mass is 9.94. The molecule has 2 saturated heterocycles. The fraction of sp³-hybridized carbons (Fsp3) is 1.00. The summed E-state index contributed by atoms with van der Waals surface area (Å²) in [6.07, 6.45) is 5.37. The van der Waals surface area contributed by atoms with E-state index in [9.17, 15) is 0 Å². The van der Waals surface area contributed by atoms with Gasteiger partial charge in [-0.15, -0.1) is 24.8 Å². The third-order valence-corrected chi connectivity index (χ3v) is 4.19. The van der Waals surface area contributed by atoms with Crippen LogP contribution in [0.5, 0.6) is 0 Å². The number of likely N-dealkylation sites (tertiary alicyclic amines) is 2. The fourth-order valence-electron chi connectivity index (χ4n) is 2.91. The summed E-state index contributed by atoms with van der Waals surface area (Å²) in [7, 11) is 2.23. The van der Waals surface area contributed by atoms with Gasteiger partial charge in [0.15, 0.2) is 0 Å². The zero-order chi connectivity index (χ0) is 10.7. The molecule has 17 heavy (non-hydrogen) atoms. The van der Waals surface area contributed by atoms with Gasteiger partial charge in [0.2, 0.25) is 0 Å². The molecule has 0 aromatic heterocycles. The Morgan fingerprint density at radius 3 is 1.94 bits per heavy atom. The third-order valence-electron chi connectivity index (χ3n) is 4.19.